The van der Waals surface area contributed by atoms with Crippen LogP contribution in [-0.4, -0.2) is 90.2 Å². The number of carbonyl (C=O) groups excluding carboxylic acids is 1. The normalized spacial score (nSPS) is 27.9. The van der Waals surface area contributed by atoms with Crippen molar-refractivity contribution in [1.82, 2.24) is 19.7 Å². The van der Waals surface area contributed by atoms with Crippen molar-refractivity contribution in [2.45, 2.75) is 37.8 Å². The topological polar surface area (TPSA) is 48.9 Å². The van der Waals surface area contributed by atoms with E-state index in [0.717, 1.165) is 51.2 Å². The third-order valence-corrected chi connectivity index (χ3v) is 6.10. The van der Waals surface area contributed by atoms with Gasteiger partial charge < -0.3 is 14.5 Å². The molecular formula is C20H30N4O2. The van der Waals surface area contributed by atoms with Crippen molar-refractivity contribution >= 4 is 5.91 Å². The van der Waals surface area contributed by atoms with Gasteiger partial charge in [0.05, 0.1) is 12.7 Å². The van der Waals surface area contributed by atoms with Gasteiger partial charge in [0.2, 0.25) is 0 Å². The average molecular weight is 358 g/mol. The first-order valence-corrected chi connectivity index (χ1v) is 10.1. The fraction of sp³-hybridized carbons (Fsp3) is 0.700. The first kappa shape index (κ1) is 17.9. The van der Waals surface area contributed by atoms with Crippen molar-refractivity contribution in [3.63, 3.8) is 0 Å². The van der Waals surface area contributed by atoms with Crippen molar-refractivity contribution in [3.8, 4) is 0 Å². The fourth-order valence-corrected chi connectivity index (χ4v) is 4.59. The zero-order valence-corrected chi connectivity index (χ0v) is 15.6. The van der Waals surface area contributed by atoms with Crippen LogP contribution in [0.15, 0.2) is 24.5 Å². The summed E-state index contributed by atoms with van der Waals surface area (Å²) in [5.41, 5.74) is 0.733. The molecule has 6 nitrogen and oxygen atoms in total. The molecule has 3 aliphatic heterocycles. The molecule has 3 aliphatic rings. The van der Waals surface area contributed by atoms with Gasteiger partial charge in [-0.3, -0.25) is 14.7 Å². The smallest absolute Gasteiger partial charge is 0.253 e. The molecule has 0 saturated carbocycles. The molecule has 0 N–H and O–H groups in total. The van der Waals surface area contributed by atoms with E-state index in [4.69, 9.17) is 4.74 Å². The molecule has 2 atom stereocenters. The Balaban J connectivity index is 1.36. The van der Waals surface area contributed by atoms with E-state index in [0.29, 0.717) is 6.04 Å². The molecule has 4 heterocycles. The van der Waals surface area contributed by atoms with E-state index < -0.39 is 0 Å². The average Bonchev–Trinajstić information content (AvgIpc) is 3.11. The number of amides is 1. The summed E-state index contributed by atoms with van der Waals surface area (Å²) >= 11 is 0. The van der Waals surface area contributed by atoms with Crippen molar-refractivity contribution < 1.29 is 9.53 Å². The summed E-state index contributed by atoms with van der Waals surface area (Å²) in [6, 6.07) is 4.06. The fourth-order valence-electron chi connectivity index (χ4n) is 4.59. The molecule has 0 spiro atoms. The van der Waals surface area contributed by atoms with Gasteiger partial charge in [0.1, 0.15) is 0 Å². The molecule has 4 rings (SSSR count). The summed E-state index contributed by atoms with van der Waals surface area (Å²) in [4.78, 5) is 24.0. The third kappa shape index (κ3) is 4.08. The summed E-state index contributed by atoms with van der Waals surface area (Å²) in [5, 5.41) is 0. The van der Waals surface area contributed by atoms with Crippen LogP contribution in [0.3, 0.4) is 0 Å². The third-order valence-electron chi connectivity index (χ3n) is 6.10. The minimum atomic E-state index is 0.120. The Labute approximate surface area is 156 Å². The Morgan fingerprint density at radius 3 is 2.62 bits per heavy atom. The predicted molar refractivity (Wildman–Crippen MR) is 100 cm³/mol. The van der Waals surface area contributed by atoms with Crippen LogP contribution in [-0.2, 0) is 4.74 Å². The van der Waals surface area contributed by atoms with Crippen molar-refractivity contribution in [2.24, 2.45) is 0 Å². The van der Waals surface area contributed by atoms with Crippen molar-refractivity contribution in [3.05, 3.63) is 30.1 Å². The minimum Gasteiger partial charge on any atom is -0.375 e. The Morgan fingerprint density at radius 2 is 1.81 bits per heavy atom. The van der Waals surface area contributed by atoms with E-state index in [1.807, 2.05) is 4.90 Å². The van der Waals surface area contributed by atoms with E-state index in [1.54, 1.807) is 24.5 Å². The highest BCUT2D eigenvalue weighted by molar-refractivity contribution is 5.94. The molecule has 6 heteroatoms. The molecule has 0 radical (unpaired) electrons. The van der Waals surface area contributed by atoms with E-state index in [-0.39, 0.29) is 12.0 Å². The maximum Gasteiger partial charge on any atom is 0.253 e. The van der Waals surface area contributed by atoms with Crippen LogP contribution < -0.4 is 0 Å². The largest absolute Gasteiger partial charge is 0.375 e. The van der Waals surface area contributed by atoms with Gasteiger partial charge in [-0.05, 0) is 50.9 Å². The van der Waals surface area contributed by atoms with Gasteiger partial charge in [-0.15, -0.1) is 0 Å². The summed E-state index contributed by atoms with van der Waals surface area (Å²) < 4.78 is 6.09. The van der Waals surface area contributed by atoms with Crippen LogP contribution in [0.25, 0.3) is 0 Å². The predicted octanol–water partition coefficient (Wildman–Crippen LogP) is 1.48. The molecule has 3 saturated heterocycles. The van der Waals surface area contributed by atoms with E-state index in [9.17, 15) is 4.79 Å². The van der Waals surface area contributed by atoms with E-state index >= 15 is 0 Å². The van der Waals surface area contributed by atoms with Gasteiger partial charge in [-0.1, -0.05) is 0 Å². The SMILES string of the molecule is O=C(c1ccncc1)N1CCC2OCCN(CCN3CCCC3)C2CC1. The molecule has 2 unspecified atom stereocenters. The van der Waals surface area contributed by atoms with Crippen LogP contribution in [0.1, 0.15) is 36.0 Å². The van der Waals surface area contributed by atoms with Crippen LogP contribution in [0.5, 0.6) is 0 Å². The number of aromatic nitrogens is 1. The highest BCUT2D eigenvalue weighted by Gasteiger charge is 2.35. The van der Waals surface area contributed by atoms with Crippen LogP contribution in [0.4, 0.5) is 0 Å². The van der Waals surface area contributed by atoms with E-state index in [2.05, 4.69) is 14.8 Å². The zero-order chi connectivity index (χ0) is 17.8. The lowest BCUT2D eigenvalue weighted by atomic mass is 10.0. The number of hydrogen-bond acceptors (Lipinski definition) is 5. The maximum absolute atomic E-state index is 12.8. The minimum absolute atomic E-state index is 0.120. The zero-order valence-electron chi connectivity index (χ0n) is 15.6. The first-order valence-electron chi connectivity index (χ1n) is 10.1. The van der Waals surface area contributed by atoms with Gasteiger partial charge in [0, 0.05) is 56.7 Å². The Kier molecular flexibility index (Phi) is 5.82. The van der Waals surface area contributed by atoms with Crippen LogP contribution in [0.2, 0.25) is 0 Å². The van der Waals surface area contributed by atoms with Gasteiger partial charge in [0.25, 0.3) is 5.91 Å². The highest BCUT2D eigenvalue weighted by atomic mass is 16.5. The molecule has 0 bridgehead atoms. The maximum atomic E-state index is 12.8. The molecule has 1 amide bonds. The standard InChI is InChI=1S/C20H30N4O2/c25-20(17-3-7-21-8-4-17)24-11-5-18-19(6-12-24)26-16-15-23(18)14-13-22-9-1-2-10-22/h3-4,7-8,18-19H,1-2,5-6,9-16H2. The summed E-state index contributed by atoms with van der Waals surface area (Å²) in [5.74, 6) is 0.120. The van der Waals surface area contributed by atoms with Gasteiger partial charge in [0.15, 0.2) is 0 Å². The number of hydrogen-bond donors (Lipinski definition) is 0. The second kappa shape index (κ2) is 8.46. The number of pyridine rings is 1. The Hall–Kier alpha value is -1.50. The highest BCUT2D eigenvalue weighted by Crippen LogP contribution is 2.24. The molecule has 1 aromatic rings. The van der Waals surface area contributed by atoms with Crippen molar-refractivity contribution in [1.29, 1.82) is 0 Å². The number of carbonyl (C=O) groups is 1. The quantitative estimate of drug-likeness (QED) is 0.816. The molecule has 0 aliphatic carbocycles. The number of ether oxygens (including phenoxy) is 1. The molecular weight excluding hydrogens is 328 g/mol. The van der Waals surface area contributed by atoms with Crippen molar-refractivity contribution in [2.75, 3.05) is 52.4 Å². The number of rotatable bonds is 4. The Bertz CT molecular complexity index is 591. The van der Waals surface area contributed by atoms with Crippen LogP contribution >= 0.6 is 0 Å². The molecule has 1 aromatic heterocycles. The molecule has 26 heavy (non-hydrogen) atoms. The first-order chi connectivity index (χ1) is 12.8. The van der Waals surface area contributed by atoms with E-state index in [1.165, 1.54) is 32.5 Å². The lowest BCUT2D eigenvalue weighted by molar-refractivity contribution is -0.0727. The van der Waals surface area contributed by atoms with Gasteiger partial charge in [-0.25, -0.2) is 0 Å². The number of morpholine rings is 1. The lowest BCUT2D eigenvalue weighted by Gasteiger charge is -2.41. The summed E-state index contributed by atoms with van der Waals surface area (Å²) in [6.07, 6.45) is 8.27. The summed E-state index contributed by atoms with van der Waals surface area (Å²) in [7, 11) is 0. The molecule has 142 valence electrons. The number of nitrogens with zero attached hydrogens (tertiary/aromatic N) is 4. The second-order valence-electron chi connectivity index (χ2n) is 7.67. The second-order valence-corrected chi connectivity index (χ2v) is 7.67. The number of likely N-dealkylation sites (tertiary alicyclic amines) is 2. The number of fused-ring (bicyclic) bond motifs is 1. The summed E-state index contributed by atoms with van der Waals surface area (Å²) in [6.45, 7) is 8.24. The monoisotopic (exact) mass is 358 g/mol. The molecule has 0 aromatic carbocycles. The Morgan fingerprint density at radius 1 is 1.04 bits per heavy atom. The molecule has 3 fully saturated rings. The van der Waals surface area contributed by atoms with Crippen LogP contribution in [0, 0.1) is 0 Å². The van der Waals surface area contributed by atoms with Gasteiger partial charge in [-0.2, -0.15) is 0 Å². The lowest BCUT2D eigenvalue weighted by Crippen LogP contribution is -2.53. The van der Waals surface area contributed by atoms with Gasteiger partial charge >= 0.3 is 0 Å².